The highest BCUT2D eigenvalue weighted by Gasteiger charge is 2.15. The Kier molecular flexibility index (Phi) is 2.48. The molecule has 0 heterocycles. The van der Waals surface area contributed by atoms with Crippen molar-refractivity contribution < 1.29 is 20.4 Å². The van der Waals surface area contributed by atoms with Gasteiger partial charge in [0.2, 0.25) is 5.75 Å². The average molecular weight is 185 g/mol. The normalized spacial score (nSPS) is 10.2. The van der Waals surface area contributed by atoms with Gasteiger partial charge in [-0.25, -0.2) is 0 Å². The van der Waals surface area contributed by atoms with Crippen molar-refractivity contribution in [2.24, 2.45) is 5.73 Å². The van der Waals surface area contributed by atoms with E-state index in [2.05, 4.69) is 0 Å². The molecule has 0 radical (unpaired) electrons. The molecule has 0 aliphatic carbocycles. The van der Waals surface area contributed by atoms with E-state index in [4.69, 9.17) is 15.9 Å². The summed E-state index contributed by atoms with van der Waals surface area (Å²) in [5, 5.41) is 36.6. The number of nitrogens with two attached hydrogens (primary N) is 1. The smallest absolute Gasteiger partial charge is 0.200 e. The third-order valence-corrected chi connectivity index (χ3v) is 1.73. The van der Waals surface area contributed by atoms with Crippen LogP contribution in [0.3, 0.4) is 0 Å². The minimum atomic E-state index is -0.638. The van der Waals surface area contributed by atoms with Gasteiger partial charge >= 0.3 is 0 Å². The first-order chi connectivity index (χ1) is 6.07. The van der Waals surface area contributed by atoms with Crippen LogP contribution in [0.15, 0.2) is 6.07 Å². The van der Waals surface area contributed by atoms with Crippen LogP contribution < -0.4 is 5.73 Å². The molecule has 0 spiro atoms. The van der Waals surface area contributed by atoms with Gasteiger partial charge in [0.05, 0.1) is 0 Å². The Morgan fingerprint density at radius 2 is 1.62 bits per heavy atom. The van der Waals surface area contributed by atoms with Gasteiger partial charge in [0, 0.05) is 11.6 Å². The molecule has 1 aromatic rings. The van der Waals surface area contributed by atoms with Gasteiger partial charge < -0.3 is 26.2 Å². The SMILES string of the molecule is NCCc1c(O)cc(O)c(O)c1O. The number of hydrogen-bond acceptors (Lipinski definition) is 5. The summed E-state index contributed by atoms with van der Waals surface area (Å²) in [4.78, 5) is 0. The van der Waals surface area contributed by atoms with Gasteiger partial charge in [-0.3, -0.25) is 0 Å². The number of hydrogen-bond donors (Lipinski definition) is 5. The molecule has 0 aromatic heterocycles. The second-order valence-electron chi connectivity index (χ2n) is 2.63. The lowest BCUT2D eigenvalue weighted by Crippen LogP contribution is -2.03. The van der Waals surface area contributed by atoms with Gasteiger partial charge in [-0.2, -0.15) is 0 Å². The van der Waals surface area contributed by atoms with Crippen LogP contribution in [0.2, 0.25) is 0 Å². The van der Waals surface area contributed by atoms with Gasteiger partial charge in [-0.15, -0.1) is 0 Å². The van der Waals surface area contributed by atoms with Crippen molar-refractivity contribution in [2.45, 2.75) is 6.42 Å². The first-order valence-electron chi connectivity index (χ1n) is 3.73. The molecule has 0 fully saturated rings. The number of rotatable bonds is 2. The predicted octanol–water partition coefficient (Wildman–Crippen LogP) is 0.0102. The summed E-state index contributed by atoms with van der Waals surface area (Å²) < 4.78 is 0. The van der Waals surface area contributed by atoms with Crippen LogP contribution in [0.1, 0.15) is 5.56 Å². The fourth-order valence-electron chi connectivity index (χ4n) is 1.06. The van der Waals surface area contributed by atoms with Gasteiger partial charge in [0.1, 0.15) is 5.75 Å². The number of phenols is 4. The minimum absolute atomic E-state index is 0.137. The van der Waals surface area contributed by atoms with Crippen molar-refractivity contribution in [3.8, 4) is 23.0 Å². The first-order valence-corrected chi connectivity index (χ1v) is 3.73. The Balaban J connectivity index is 3.26. The summed E-state index contributed by atoms with van der Waals surface area (Å²) in [7, 11) is 0. The Morgan fingerprint density at radius 1 is 1.00 bits per heavy atom. The summed E-state index contributed by atoms with van der Waals surface area (Å²) in [5.74, 6) is -2.00. The number of benzene rings is 1. The molecule has 0 atom stereocenters. The second-order valence-corrected chi connectivity index (χ2v) is 2.63. The molecule has 1 aromatic carbocycles. The molecule has 72 valence electrons. The van der Waals surface area contributed by atoms with E-state index in [1.165, 1.54) is 0 Å². The highest BCUT2D eigenvalue weighted by Crippen LogP contribution is 2.42. The maximum absolute atomic E-state index is 9.26. The summed E-state index contributed by atoms with van der Waals surface area (Å²) >= 11 is 0. The predicted molar refractivity (Wildman–Crippen MR) is 45.9 cm³/mol. The van der Waals surface area contributed by atoms with E-state index in [1.54, 1.807) is 0 Å². The van der Waals surface area contributed by atoms with E-state index in [0.29, 0.717) is 0 Å². The summed E-state index contributed by atoms with van der Waals surface area (Å²) in [6, 6.07) is 0.958. The average Bonchev–Trinajstić information content (AvgIpc) is 2.09. The lowest BCUT2D eigenvalue weighted by molar-refractivity contribution is 0.356. The van der Waals surface area contributed by atoms with Gasteiger partial charge in [0.25, 0.3) is 0 Å². The maximum Gasteiger partial charge on any atom is 0.200 e. The van der Waals surface area contributed by atoms with E-state index >= 15 is 0 Å². The van der Waals surface area contributed by atoms with Crippen LogP contribution >= 0.6 is 0 Å². The fraction of sp³-hybridized carbons (Fsp3) is 0.250. The van der Waals surface area contributed by atoms with E-state index in [0.717, 1.165) is 6.07 Å². The van der Waals surface area contributed by atoms with Crippen LogP contribution in [0.5, 0.6) is 23.0 Å². The molecule has 5 nitrogen and oxygen atoms in total. The molecule has 0 aliphatic rings. The molecule has 0 amide bonds. The molecule has 0 saturated carbocycles. The zero-order chi connectivity index (χ0) is 10.0. The Hall–Kier alpha value is -1.62. The second kappa shape index (κ2) is 3.40. The summed E-state index contributed by atoms with van der Waals surface area (Å²) in [6.07, 6.45) is 0.228. The molecule has 0 aliphatic heterocycles. The van der Waals surface area contributed by atoms with Crippen LogP contribution in [0.25, 0.3) is 0 Å². The van der Waals surface area contributed by atoms with E-state index in [9.17, 15) is 10.2 Å². The van der Waals surface area contributed by atoms with Crippen LogP contribution in [0, 0.1) is 0 Å². The molecular formula is C8H11NO4. The first kappa shape index (κ1) is 9.47. The Morgan fingerprint density at radius 3 is 2.15 bits per heavy atom. The lowest BCUT2D eigenvalue weighted by atomic mass is 10.1. The highest BCUT2D eigenvalue weighted by atomic mass is 16.3. The highest BCUT2D eigenvalue weighted by molar-refractivity contribution is 5.59. The van der Waals surface area contributed by atoms with Crippen molar-refractivity contribution in [2.75, 3.05) is 6.54 Å². The van der Waals surface area contributed by atoms with Gasteiger partial charge in [0.15, 0.2) is 11.5 Å². The Labute approximate surface area is 74.7 Å². The quantitative estimate of drug-likeness (QED) is 0.329. The van der Waals surface area contributed by atoms with Crippen molar-refractivity contribution in [1.29, 1.82) is 0 Å². The largest absolute Gasteiger partial charge is 0.507 e. The van der Waals surface area contributed by atoms with Crippen molar-refractivity contribution in [3.63, 3.8) is 0 Å². The molecule has 13 heavy (non-hydrogen) atoms. The molecule has 0 saturated heterocycles. The van der Waals surface area contributed by atoms with E-state index < -0.39 is 17.2 Å². The molecule has 5 heteroatoms. The third kappa shape index (κ3) is 1.59. The molecule has 0 bridgehead atoms. The minimum Gasteiger partial charge on any atom is -0.507 e. The van der Waals surface area contributed by atoms with Crippen LogP contribution in [-0.4, -0.2) is 27.0 Å². The topological polar surface area (TPSA) is 107 Å². The Bertz CT molecular complexity index is 324. The van der Waals surface area contributed by atoms with Gasteiger partial charge in [-0.05, 0) is 13.0 Å². The zero-order valence-electron chi connectivity index (χ0n) is 6.86. The van der Waals surface area contributed by atoms with Gasteiger partial charge in [-0.1, -0.05) is 0 Å². The number of aromatic hydroxyl groups is 4. The van der Waals surface area contributed by atoms with Crippen molar-refractivity contribution in [1.82, 2.24) is 0 Å². The van der Waals surface area contributed by atoms with Crippen molar-refractivity contribution in [3.05, 3.63) is 11.6 Å². The standard InChI is InChI=1S/C8H11NO4/c9-2-1-4-5(10)3-6(11)8(13)7(4)12/h3,10-13H,1-2,9H2. The fourth-order valence-corrected chi connectivity index (χ4v) is 1.06. The zero-order valence-corrected chi connectivity index (χ0v) is 6.86. The summed E-state index contributed by atoms with van der Waals surface area (Å²) in [5.41, 5.74) is 5.36. The summed E-state index contributed by atoms with van der Waals surface area (Å²) in [6.45, 7) is 0.228. The molecular weight excluding hydrogens is 174 g/mol. The molecule has 0 unspecified atom stereocenters. The van der Waals surface area contributed by atoms with Crippen LogP contribution in [0.4, 0.5) is 0 Å². The maximum atomic E-state index is 9.26. The molecule has 6 N–H and O–H groups in total. The number of phenolic OH excluding ortho intramolecular Hbond substituents is 4. The van der Waals surface area contributed by atoms with Crippen LogP contribution in [-0.2, 0) is 6.42 Å². The van der Waals surface area contributed by atoms with Crippen molar-refractivity contribution >= 4 is 0 Å². The lowest BCUT2D eigenvalue weighted by Gasteiger charge is -2.08. The molecule has 1 rings (SSSR count). The third-order valence-electron chi connectivity index (χ3n) is 1.73. The van der Waals surface area contributed by atoms with E-state index in [-0.39, 0.29) is 24.3 Å². The monoisotopic (exact) mass is 185 g/mol. The van der Waals surface area contributed by atoms with E-state index in [1.807, 2.05) is 0 Å².